The van der Waals surface area contributed by atoms with E-state index in [-0.39, 0.29) is 17.9 Å². The van der Waals surface area contributed by atoms with Crippen molar-refractivity contribution in [1.29, 1.82) is 0 Å². The number of amides is 1. The fraction of sp³-hybridized carbons (Fsp3) is 0.650. The molecule has 2 unspecified atom stereocenters. The Hall–Kier alpha value is -1.39. The van der Waals surface area contributed by atoms with E-state index in [4.69, 9.17) is 5.73 Å². The molecule has 1 aliphatic heterocycles. The van der Waals surface area contributed by atoms with Gasteiger partial charge in [-0.2, -0.15) is 0 Å². The average Bonchev–Trinajstić information content (AvgIpc) is 2.97. The molecule has 1 aromatic carbocycles. The predicted molar refractivity (Wildman–Crippen MR) is 98.6 cm³/mol. The molecule has 4 heteroatoms. The van der Waals surface area contributed by atoms with Gasteiger partial charge < -0.3 is 11.1 Å². The summed E-state index contributed by atoms with van der Waals surface area (Å²) in [5, 5.41) is 3.20. The van der Waals surface area contributed by atoms with Crippen molar-refractivity contribution in [2.45, 2.75) is 65.1 Å². The lowest BCUT2D eigenvalue weighted by Crippen LogP contribution is -2.34. The van der Waals surface area contributed by atoms with Gasteiger partial charge in [-0.15, -0.1) is 0 Å². The van der Waals surface area contributed by atoms with Gasteiger partial charge in [0.15, 0.2) is 0 Å². The first-order chi connectivity index (χ1) is 11.5. The van der Waals surface area contributed by atoms with Crippen LogP contribution >= 0.6 is 0 Å². The normalized spacial score (nSPS) is 24.2. The van der Waals surface area contributed by atoms with Crippen LogP contribution < -0.4 is 11.1 Å². The lowest BCUT2D eigenvalue weighted by atomic mass is 9.85. The molecule has 132 valence electrons. The Morgan fingerprint density at radius 2 is 2.17 bits per heavy atom. The van der Waals surface area contributed by atoms with E-state index in [0.717, 1.165) is 56.9 Å². The van der Waals surface area contributed by atoms with E-state index in [0.29, 0.717) is 0 Å². The number of hydrogen-bond acceptors (Lipinski definition) is 3. The van der Waals surface area contributed by atoms with Gasteiger partial charge in [0.05, 0.1) is 0 Å². The number of nitrogens with two attached hydrogens (primary N) is 1. The van der Waals surface area contributed by atoms with Crippen LogP contribution in [0.25, 0.3) is 0 Å². The molecule has 0 saturated heterocycles. The van der Waals surface area contributed by atoms with E-state index < -0.39 is 0 Å². The minimum atomic E-state index is 0.0723. The monoisotopic (exact) mass is 329 g/mol. The van der Waals surface area contributed by atoms with Gasteiger partial charge in [0.2, 0.25) is 5.91 Å². The average molecular weight is 329 g/mol. The Morgan fingerprint density at radius 1 is 1.33 bits per heavy atom. The number of nitrogens with zero attached hydrogens (tertiary/aromatic N) is 1. The van der Waals surface area contributed by atoms with Gasteiger partial charge >= 0.3 is 0 Å². The van der Waals surface area contributed by atoms with Crippen LogP contribution in [-0.4, -0.2) is 23.4 Å². The molecule has 1 aromatic rings. The molecule has 1 saturated carbocycles. The van der Waals surface area contributed by atoms with Gasteiger partial charge in [-0.3, -0.25) is 9.69 Å². The summed E-state index contributed by atoms with van der Waals surface area (Å²) in [6.07, 6.45) is 5.12. The zero-order chi connectivity index (χ0) is 17.1. The molecule has 0 bridgehead atoms. The molecule has 2 aliphatic rings. The summed E-state index contributed by atoms with van der Waals surface area (Å²) >= 11 is 0. The predicted octanol–water partition coefficient (Wildman–Crippen LogP) is 3.50. The molecular weight excluding hydrogens is 298 g/mol. The third kappa shape index (κ3) is 4.17. The van der Waals surface area contributed by atoms with E-state index >= 15 is 0 Å². The van der Waals surface area contributed by atoms with Crippen LogP contribution in [0.1, 0.15) is 57.1 Å². The summed E-state index contributed by atoms with van der Waals surface area (Å²) in [5.74, 6) is 0.950. The smallest absolute Gasteiger partial charge is 0.227 e. The van der Waals surface area contributed by atoms with Gasteiger partial charge in [0, 0.05) is 30.7 Å². The lowest BCUT2D eigenvalue weighted by Gasteiger charge is -2.26. The molecule has 3 N–H and O–H groups in total. The molecule has 2 atom stereocenters. The zero-order valence-corrected chi connectivity index (χ0v) is 15.1. The summed E-state index contributed by atoms with van der Waals surface area (Å²) in [4.78, 5) is 15.1. The fourth-order valence-corrected chi connectivity index (χ4v) is 3.91. The summed E-state index contributed by atoms with van der Waals surface area (Å²) in [6.45, 7) is 7.60. The molecule has 1 fully saturated rings. The molecule has 1 amide bonds. The van der Waals surface area contributed by atoms with Crippen LogP contribution in [0.4, 0.5) is 5.69 Å². The number of carbonyl (C=O) groups excluding carboxylic acids is 1. The van der Waals surface area contributed by atoms with Crippen molar-refractivity contribution in [2.24, 2.45) is 17.6 Å². The highest BCUT2D eigenvalue weighted by Gasteiger charge is 2.27. The number of nitrogens with one attached hydrogen (secondary N) is 1. The van der Waals surface area contributed by atoms with Gasteiger partial charge in [0.1, 0.15) is 0 Å². The second kappa shape index (κ2) is 7.66. The maximum atomic E-state index is 12.6. The van der Waals surface area contributed by atoms with Gasteiger partial charge in [-0.05, 0) is 55.3 Å². The van der Waals surface area contributed by atoms with Crippen LogP contribution in [0.15, 0.2) is 18.2 Å². The third-order valence-corrected chi connectivity index (χ3v) is 5.41. The topological polar surface area (TPSA) is 58.4 Å². The SMILES string of the molecule is CC(C)CCN1Cc2cccc(NC(=O)C3CCCC(N)C3)c2C1. The molecule has 3 rings (SSSR count). The van der Waals surface area contributed by atoms with Crippen molar-refractivity contribution in [3.05, 3.63) is 29.3 Å². The van der Waals surface area contributed by atoms with Crippen molar-refractivity contribution in [3.8, 4) is 0 Å². The summed E-state index contributed by atoms with van der Waals surface area (Å²) in [6, 6.07) is 6.48. The maximum Gasteiger partial charge on any atom is 0.227 e. The first-order valence-electron chi connectivity index (χ1n) is 9.42. The molecule has 4 nitrogen and oxygen atoms in total. The number of hydrogen-bond donors (Lipinski definition) is 2. The number of rotatable bonds is 5. The molecule has 24 heavy (non-hydrogen) atoms. The number of fused-ring (bicyclic) bond motifs is 1. The van der Waals surface area contributed by atoms with E-state index in [1.165, 1.54) is 17.5 Å². The van der Waals surface area contributed by atoms with Crippen LogP contribution in [0.5, 0.6) is 0 Å². The molecule has 1 heterocycles. The van der Waals surface area contributed by atoms with Crippen LogP contribution in [0.3, 0.4) is 0 Å². The largest absolute Gasteiger partial charge is 0.328 e. The lowest BCUT2D eigenvalue weighted by molar-refractivity contribution is -0.120. The Labute approximate surface area is 145 Å². The van der Waals surface area contributed by atoms with Crippen LogP contribution in [0.2, 0.25) is 0 Å². The van der Waals surface area contributed by atoms with E-state index in [1.54, 1.807) is 0 Å². The van der Waals surface area contributed by atoms with E-state index in [2.05, 4.69) is 36.2 Å². The van der Waals surface area contributed by atoms with Gasteiger partial charge in [-0.1, -0.05) is 32.4 Å². The third-order valence-electron chi connectivity index (χ3n) is 5.41. The number of carbonyl (C=O) groups is 1. The molecule has 0 radical (unpaired) electrons. The standard InChI is InChI=1S/C20H31N3O/c1-14(2)9-10-23-12-16-6-4-8-19(18(16)13-23)22-20(24)15-5-3-7-17(21)11-15/h4,6,8,14-15,17H,3,5,7,9-13,21H2,1-2H3,(H,22,24). The Morgan fingerprint density at radius 3 is 2.92 bits per heavy atom. The van der Waals surface area contributed by atoms with E-state index in [1.807, 2.05) is 6.07 Å². The molecule has 1 aliphatic carbocycles. The molecule has 0 spiro atoms. The van der Waals surface area contributed by atoms with Gasteiger partial charge in [-0.25, -0.2) is 0 Å². The summed E-state index contributed by atoms with van der Waals surface area (Å²) < 4.78 is 0. The minimum Gasteiger partial charge on any atom is -0.328 e. The number of anilines is 1. The van der Waals surface area contributed by atoms with E-state index in [9.17, 15) is 4.79 Å². The zero-order valence-electron chi connectivity index (χ0n) is 15.1. The highest BCUT2D eigenvalue weighted by atomic mass is 16.1. The first-order valence-corrected chi connectivity index (χ1v) is 9.42. The summed E-state index contributed by atoms with van der Waals surface area (Å²) in [5.41, 5.74) is 9.70. The maximum absolute atomic E-state index is 12.6. The van der Waals surface area contributed by atoms with Gasteiger partial charge in [0.25, 0.3) is 0 Å². The second-order valence-corrected chi connectivity index (χ2v) is 7.95. The molecular formula is C20H31N3O. The Kier molecular flexibility index (Phi) is 5.57. The van der Waals surface area contributed by atoms with Crippen LogP contribution in [-0.2, 0) is 17.9 Å². The van der Waals surface area contributed by atoms with Crippen LogP contribution in [0, 0.1) is 11.8 Å². The summed E-state index contributed by atoms with van der Waals surface area (Å²) in [7, 11) is 0. The quantitative estimate of drug-likeness (QED) is 0.869. The minimum absolute atomic E-state index is 0.0723. The second-order valence-electron chi connectivity index (χ2n) is 7.95. The van der Waals surface area contributed by atoms with Crippen molar-refractivity contribution in [1.82, 2.24) is 4.90 Å². The van der Waals surface area contributed by atoms with Crippen molar-refractivity contribution in [2.75, 3.05) is 11.9 Å². The highest BCUT2D eigenvalue weighted by Crippen LogP contribution is 2.31. The Balaban J connectivity index is 1.64. The molecule has 0 aromatic heterocycles. The number of benzene rings is 1. The Bertz CT molecular complexity index is 584. The van der Waals surface area contributed by atoms with Crippen molar-refractivity contribution in [3.63, 3.8) is 0 Å². The first kappa shape index (κ1) is 17.4. The highest BCUT2D eigenvalue weighted by molar-refractivity contribution is 5.93. The van der Waals surface area contributed by atoms with Crippen molar-refractivity contribution < 1.29 is 4.79 Å². The van der Waals surface area contributed by atoms with Crippen molar-refractivity contribution >= 4 is 11.6 Å². The fourth-order valence-electron chi connectivity index (χ4n) is 3.91.